The van der Waals surface area contributed by atoms with Crippen molar-refractivity contribution >= 4 is 17.8 Å². The van der Waals surface area contributed by atoms with Gasteiger partial charge in [-0.3, -0.25) is 19.6 Å². The molecular formula is C12H17N5O3. The molecule has 4 amide bonds. The van der Waals surface area contributed by atoms with Gasteiger partial charge in [0.25, 0.3) is 5.91 Å². The molecule has 1 aromatic heterocycles. The molecule has 1 aromatic rings. The molecule has 1 aliphatic rings. The third kappa shape index (κ3) is 2.63. The number of rotatable bonds is 4. The zero-order chi connectivity index (χ0) is 14.9. The number of hydrogen-bond donors (Lipinski definition) is 3. The Labute approximate surface area is 115 Å². The second-order valence-corrected chi connectivity index (χ2v) is 5.27. The lowest BCUT2D eigenvalue weighted by Crippen LogP contribution is -2.43. The topological polar surface area (TPSA) is 107 Å². The molecule has 1 aliphatic heterocycles. The molecule has 1 unspecified atom stereocenters. The lowest BCUT2D eigenvalue weighted by atomic mass is 10.1. The van der Waals surface area contributed by atoms with E-state index >= 15 is 0 Å². The number of H-pyrrole nitrogens is 1. The molecule has 2 heterocycles. The minimum absolute atomic E-state index is 0.255. The van der Waals surface area contributed by atoms with Crippen molar-refractivity contribution in [3.8, 4) is 0 Å². The number of carbonyl (C=O) groups is 3. The molecule has 0 spiro atoms. The fourth-order valence-electron chi connectivity index (χ4n) is 1.97. The van der Waals surface area contributed by atoms with Gasteiger partial charge in [0, 0.05) is 11.8 Å². The number of amides is 4. The van der Waals surface area contributed by atoms with Crippen molar-refractivity contribution in [2.24, 2.45) is 0 Å². The van der Waals surface area contributed by atoms with Gasteiger partial charge in [-0.2, -0.15) is 5.10 Å². The summed E-state index contributed by atoms with van der Waals surface area (Å²) >= 11 is 0. The van der Waals surface area contributed by atoms with Gasteiger partial charge in [-0.15, -0.1) is 0 Å². The van der Waals surface area contributed by atoms with Crippen molar-refractivity contribution in [3.63, 3.8) is 0 Å². The van der Waals surface area contributed by atoms with Crippen LogP contribution < -0.4 is 10.6 Å². The predicted molar refractivity (Wildman–Crippen MR) is 69.5 cm³/mol. The second kappa shape index (κ2) is 4.95. The number of nitrogens with zero attached hydrogens (tertiary/aromatic N) is 2. The number of aromatic nitrogens is 2. The minimum Gasteiger partial charge on any atom is -0.348 e. The Bertz CT molecular complexity index is 537. The van der Waals surface area contributed by atoms with Gasteiger partial charge in [-0.1, -0.05) is 0 Å². The molecule has 3 N–H and O–H groups in total. The van der Waals surface area contributed by atoms with Crippen LogP contribution in [0.4, 0.5) is 4.79 Å². The van der Waals surface area contributed by atoms with Crippen LogP contribution in [0.1, 0.15) is 32.4 Å². The lowest BCUT2D eigenvalue weighted by molar-refractivity contribution is -0.134. The fourth-order valence-corrected chi connectivity index (χ4v) is 1.97. The Kier molecular flexibility index (Phi) is 3.47. The third-order valence-corrected chi connectivity index (χ3v) is 3.14. The standard InChI is InChI=1S/C12H17N5O3/c1-7(8-4-13-14-5-8)15-9(18)6-17-10(19)12(2,3)16-11(17)20/h4-5,7H,6H2,1-3H3,(H,13,14)(H,15,18)(H,16,20). The number of aromatic amines is 1. The molecule has 1 fully saturated rings. The summed E-state index contributed by atoms with van der Waals surface area (Å²) in [6.45, 7) is 4.69. The summed E-state index contributed by atoms with van der Waals surface area (Å²) < 4.78 is 0. The minimum atomic E-state index is -0.965. The first-order valence-corrected chi connectivity index (χ1v) is 6.23. The van der Waals surface area contributed by atoms with Crippen LogP contribution >= 0.6 is 0 Å². The number of carbonyl (C=O) groups excluding carboxylic acids is 3. The van der Waals surface area contributed by atoms with E-state index in [0.29, 0.717) is 0 Å². The molecule has 20 heavy (non-hydrogen) atoms. The highest BCUT2D eigenvalue weighted by molar-refractivity contribution is 6.08. The van der Waals surface area contributed by atoms with Crippen molar-refractivity contribution in [3.05, 3.63) is 18.0 Å². The molecule has 1 saturated heterocycles. The summed E-state index contributed by atoms with van der Waals surface area (Å²) in [4.78, 5) is 36.4. The van der Waals surface area contributed by atoms with E-state index in [1.54, 1.807) is 33.2 Å². The predicted octanol–water partition coefficient (Wildman–Crippen LogP) is -0.0827. The van der Waals surface area contributed by atoms with Crippen molar-refractivity contribution in [2.45, 2.75) is 32.4 Å². The molecule has 0 bridgehead atoms. The maximum Gasteiger partial charge on any atom is 0.325 e. The SMILES string of the molecule is CC(NC(=O)CN1C(=O)NC(C)(C)C1=O)c1cn[nH]c1. The highest BCUT2D eigenvalue weighted by atomic mass is 16.2. The van der Waals surface area contributed by atoms with E-state index < -0.39 is 23.4 Å². The van der Waals surface area contributed by atoms with Crippen LogP contribution in [-0.2, 0) is 9.59 Å². The number of urea groups is 1. The average Bonchev–Trinajstić information content (AvgIpc) is 2.93. The normalized spacial score (nSPS) is 18.9. The van der Waals surface area contributed by atoms with Crippen molar-refractivity contribution in [1.29, 1.82) is 0 Å². The first kappa shape index (κ1) is 14.0. The van der Waals surface area contributed by atoms with E-state index in [2.05, 4.69) is 20.8 Å². The van der Waals surface area contributed by atoms with Gasteiger partial charge in [0.2, 0.25) is 5.91 Å². The van der Waals surface area contributed by atoms with E-state index in [-0.39, 0.29) is 12.6 Å². The van der Waals surface area contributed by atoms with E-state index in [1.165, 1.54) is 0 Å². The zero-order valence-corrected chi connectivity index (χ0v) is 11.6. The Balaban J connectivity index is 1.95. The molecule has 0 aliphatic carbocycles. The monoisotopic (exact) mass is 279 g/mol. The number of hydrogen-bond acceptors (Lipinski definition) is 4. The second-order valence-electron chi connectivity index (χ2n) is 5.27. The van der Waals surface area contributed by atoms with Crippen LogP contribution in [0.2, 0.25) is 0 Å². The van der Waals surface area contributed by atoms with Crippen LogP contribution in [0.25, 0.3) is 0 Å². The first-order chi connectivity index (χ1) is 9.31. The fraction of sp³-hybridized carbons (Fsp3) is 0.500. The van der Waals surface area contributed by atoms with Crippen LogP contribution in [-0.4, -0.2) is 45.0 Å². The Hall–Kier alpha value is -2.38. The molecule has 8 heteroatoms. The van der Waals surface area contributed by atoms with Crippen molar-refractivity contribution in [1.82, 2.24) is 25.7 Å². The summed E-state index contributed by atoms with van der Waals surface area (Å²) in [6, 6.07) is -0.804. The van der Waals surface area contributed by atoms with Crippen molar-refractivity contribution in [2.75, 3.05) is 6.54 Å². The molecule has 1 atom stereocenters. The number of nitrogens with one attached hydrogen (secondary N) is 3. The van der Waals surface area contributed by atoms with E-state index in [4.69, 9.17) is 0 Å². The third-order valence-electron chi connectivity index (χ3n) is 3.14. The Morgan fingerprint density at radius 2 is 2.20 bits per heavy atom. The maximum absolute atomic E-state index is 11.9. The van der Waals surface area contributed by atoms with E-state index in [9.17, 15) is 14.4 Å². The van der Waals surface area contributed by atoms with Gasteiger partial charge >= 0.3 is 6.03 Å². The van der Waals surface area contributed by atoms with Crippen LogP contribution in [0, 0.1) is 0 Å². The average molecular weight is 279 g/mol. The molecule has 0 aromatic carbocycles. The molecule has 0 radical (unpaired) electrons. The summed E-state index contributed by atoms with van der Waals surface area (Å²) in [5.74, 6) is -0.812. The maximum atomic E-state index is 11.9. The van der Waals surface area contributed by atoms with Gasteiger partial charge < -0.3 is 10.6 Å². The summed E-state index contributed by atoms with van der Waals surface area (Å²) in [5.41, 5.74) is -0.149. The molecule has 0 saturated carbocycles. The van der Waals surface area contributed by atoms with Crippen LogP contribution in [0.15, 0.2) is 12.4 Å². The summed E-state index contributed by atoms with van der Waals surface area (Å²) in [7, 11) is 0. The first-order valence-electron chi connectivity index (χ1n) is 6.23. The van der Waals surface area contributed by atoms with Crippen LogP contribution in [0.3, 0.4) is 0 Å². The molecule has 2 rings (SSSR count). The Morgan fingerprint density at radius 3 is 2.70 bits per heavy atom. The van der Waals surface area contributed by atoms with Gasteiger partial charge in [0.15, 0.2) is 0 Å². The highest BCUT2D eigenvalue weighted by Gasteiger charge is 2.44. The van der Waals surface area contributed by atoms with Gasteiger partial charge in [-0.25, -0.2) is 4.79 Å². The van der Waals surface area contributed by atoms with Gasteiger partial charge in [0.1, 0.15) is 12.1 Å². The largest absolute Gasteiger partial charge is 0.348 e. The van der Waals surface area contributed by atoms with Crippen molar-refractivity contribution < 1.29 is 14.4 Å². The summed E-state index contributed by atoms with van der Waals surface area (Å²) in [5, 5.41) is 11.7. The smallest absolute Gasteiger partial charge is 0.325 e. The zero-order valence-electron chi connectivity index (χ0n) is 11.6. The quantitative estimate of drug-likeness (QED) is 0.670. The lowest BCUT2D eigenvalue weighted by Gasteiger charge is -2.17. The van der Waals surface area contributed by atoms with E-state index in [1.807, 2.05) is 0 Å². The van der Waals surface area contributed by atoms with Gasteiger partial charge in [-0.05, 0) is 20.8 Å². The van der Waals surface area contributed by atoms with Crippen LogP contribution in [0.5, 0.6) is 0 Å². The highest BCUT2D eigenvalue weighted by Crippen LogP contribution is 2.16. The summed E-state index contributed by atoms with van der Waals surface area (Å²) in [6.07, 6.45) is 3.27. The van der Waals surface area contributed by atoms with Gasteiger partial charge in [0.05, 0.1) is 12.2 Å². The molecule has 8 nitrogen and oxygen atoms in total. The Morgan fingerprint density at radius 1 is 1.50 bits per heavy atom. The van der Waals surface area contributed by atoms with E-state index in [0.717, 1.165) is 10.5 Å². The molecular weight excluding hydrogens is 262 g/mol. The molecule has 108 valence electrons. The number of imide groups is 1.